The molecule has 0 saturated heterocycles. The van der Waals surface area contributed by atoms with Crippen molar-refractivity contribution in [2.45, 2.75) is 19.5 Å². The summed E-state index contributed by atoms with van der Waals surface area (Å²) in [5.41, 5.74) is 3.03. The van der Waals surface area contributed by atoms with E-state index in [0.717, 1.165) is 23.2 Å². The topological polar surface area (TPSA) is 54.0 Å². The lowest BCUT2D eigenvalue weighted by molar-refractivity contribution is 0.188. The van der Waals surface area contributed by atoms with Crippen LogP contribution < -0.4 is 14.8 Å². The van der Waals surface area contributed by atoms with Crippen LogP contribution in [0.15, 0.2) is 55.1 Å². The van der Waals surface area contributed by atoms with E-state index in [1.54, 1.807) is 14.2 Å². The maximum Gasteiger partial charge on any atom is 0.318 e. The number of amides is 2. The summed E-state index contributed by atoms with van der Waals surface area (Å²) in [6.07, 6.45) is 2.48. The summed E-state index contributed by atoms with van der Waals surface area (Å²) < 4.78 is 11.0. The lowest BCUT2D eigenvalue weighted by Crippen LogP contribution is -2.42. The summed E-state index contributed by atoms with van der Waals surface area (Å²) in [4.78, 5) is 16.9. The van der Waals surface area contributed by atoms with E-state index < -0.39 is 0 Å². The van der Waals surface area contributed by atoms with E-state index in [9.17, 15) is 4.79 Å². The molecule has 0 bridgehead atoms. The van der Waals surface area contributed by atoms with Crippen molar-refractivity contribution in [3.05, 3.63) is 71.8 Å². The highest BCUT2D eigenvalue weighted by molar-refractivity contribution is 5.74. The maximum absolute atomic E-state index is 12.9. The first-order valence-corrected chi connectivity index (χ1v) is 10.0. The van der Waals surface area contributed by atoms with E-state index >= 15 is 0 Å². The van der Waals surface area contributed by atoms with Crippen molar-refractivity contribution in [1.82, 2.24) is 15.1 Å². The molecule has 0 atom stereocenters. The molecule has 6 heteroatoms. The van der Waals surface area contributed by atoms with Crippen molar-refractivity contribution in [2.24, 2.45) is 0 Å². The highest BCUT2D eigenvalue weighted by Crippen LogP contribution is 2.33. The molecule has 0 aliphatic carbocycles. The van der Waals surface area contributed by atoms with Crippen LogP contribution in [-0.4, -0.2) is 57.2 Å². The molecular formula is C24H33N3O3. The zero-order chi connectivity index (χ0) is 21.9. The van der Waals surface area contributed by atoms with E-state index in [-0.39, 0.29) is 6.03 Å². The second-order valence-electron chi connectivity index (χ2n) is 7.35. The van der Waals surface area contributed by atoms with Gasteiger partial charge in [-0.25, -0.2) is 4.79 Å². The molecule has 2 amide bonds. The van der Waals surface area contributed by atoms with Crippen LogP contribution in [0, 0.1) is 0 Å². The van der Waals surface area contributed by atoms with Crippen LogP contribution >= 0.6 is 0 Å². The Hall–Kier alpha value is -2.99. The van der Waals surface area contributed by atoms with Gasteiger partial charge in [-0.05, 0) is 43.8 Å². The number of nitrogens with one attached hydrogen (secondary N) is 1. The minimum absolute atomic E-state index is 0.0965. The number of benzene rings is 2. The monoisotopic (exact) mass is 411 g/mol. The summed E-state index contributed by atoms with van der Waals surface area (Å²) in [5, 5.41) is 3.05. The average Bonchev–Trinajstić information content (AvgIpc) is 2.75. The Morgan fingerprint density at radius 2 is 1.80 bits per heavy atom. The van der Waals surface area contributed by atoms with Gasteiger partial charge in [0.25, 0.3) is 0 Å². The molecule has 0 unspecified atom stereocenters. The maximum atomic E-state index is 12.9. The van der Waals surface area contributed by atoms with E-state index in [2.05, 4.69) is 16.8 Å². The molecule has 0 aromatic heterocycles. The van der Waals surface area contributed by atoms with Gasteiger partial charge in [-0.15, -0.1) is 6.58 Å². The smallest absolute Gasteiger partial charge is 0.318 e. The molecule has 30 heavy (non-hydrogen) atoms. The van der Waals surface area contributed by atoms with Gasteiger partial charge in [0, 0.05) is 31.7 Å². The molecule has 2 rings (SSSR count). The summed E-state index contributed by atoms with van der Waals surface area (Å²) in [5.74, 6) is 1.35. The number of urea groups is 1. The van der Waals surface area contributed by atoms with Crippen molar-refractivity contribution in [3.63, 3.8) is 0 Å². The predicted molar refractivity (Wildman–Crippen MR) is 121 cm³/mol. The summed E-state index contributed by atoms with van der Waals surface area (Å²) in [7, 11) is 7.24. The zero-order valence-corrected chi connectivity index (χ0v) is 18.5. The van der Waals surface area contributed by atoms with Crippen molar-refractivity contribution in [1.29, 1.82) is 0 Å². The van der Waals surface area contributed by atoms with Crippen LogP contribution in [0.25, 0.3) is 0 Å². The fourth-order valence-electron chi connectivity index (χ4n) is 3.18. The average molecular weight is 412 g/mol. The van der Waals surface area contributed by atoms with Crippen molar-refractivity contribution in [3.8, 4) is 11.5 Å². The van der Waals surface area contributed by atoms with Crippen molar-refractivity contribution < 1.29 is 14.3 Å². The minimum atomic E-state index is -0.0965. The Kier molecular flexibility index (Phi) is 9.22. The van der Waals surface area contributed by atoms with Crippen LogP contribution in [0.4, 0.5) is 4.79 Å². The second-order valence-corrected chi connectivity index (χ2v) is 7.35. The van der Waals surface area contributed by atoms with E-state index in [1.807, 2.05) is 67.5 Å². The fourth-order valence-corrected chi connectivity index (χ4v) is 3.18. The second kappa shape index (κ2) is 11.9. The van der Waals surface area contributed by atoms with Crippen LogP contribution in [0.5, 0.6) is 11.5 Å². The predicted octanol–water partition coefficient (Wildman–Crippen LogP) is 3.71. The highest BCUT2D eigenvalue weighted by atomic mass is 16.5. The number of hydrogen-bond acceptors (Lipinski definition) is 4. The molecule has 0 spiro atoms. The summed E-state index contributed by atoms with van der Waals surface area (Å²) in [6, 6.07) is 13.8. The molecule has 0 saturated carbocycles. The van der Waals surface area contributed by atoms with E-state index in [4.69, 9.17) is 9.47 Å². The van der Waals surface area contributed by atoms with Gasteiger partial charge in [0.2, 0.25) is 0 Å². The Labute approximate surface area is 180 Å². The lowest BCUT2D eigenvalue weighted by Gasteiger charge is -2.25. The number of carbonyl (C=O) groups is 1. The Morgan fingerprint density at radius 3 is 2.40 bits per heavy atom. The van der Waals surface area contributed by atoms with Gasteiger partial charge in [-0.3, -0.25) is 0 Å². The van der Waals surface area contributed by atoms with Gasteiger partial charge in [0.15, 0.2) is 11.5 Å². The van der Waals surface area contributed by atoms with Crippen LogP contribution in [0.1, 0.15) is 16.7 Å². The largest absolute Gasteiger partial charge is 0.493 e. The number of allylic oxidation sites excluding steroid dienone is 1. The molecule has 1 N–H and O–H groups in total. The number of nitrogens with zero attached hydrogens (tertiary/aromatic N) is 2. The van der Waals surface area contributed by atoms with Gasteiger partial charge in [0.05, 0.1) is 14.2 Å². The van der Waals surface area contributed by atoms with Gasteiger partial charge in [-0.2, -0.15) is 0 Å². The molecule has 0 heterocycles. The van der Waals surface area contributed by atoms with Gasteiger partial charge < -0.3 is 24.6 Å². The number of rotatable bonds is 11. The molecule has 0 radical (unpaired) electrons. The van der Waals surface area contributed by atoms with E-state index in [1.165, 1.54) is 0 Å². The first-order chi connectivity index (χ1) is 14.5. The number of hydrogen-bond donors (Lipinski definition) is 1. The first kappa shape index (κ1) is 23.3. The molecule has 0 aliphatic heterocycles. The quantitative estimate of drug-likeness (QED) is 0.573. The third kappa shape index (κ3) is 6.81. The van der Waals surface area contributed by atoms with Gasteiger partial charge >= 0.3 is 6.03 Å². The molecule has 162 valence electrons. The standard InChI is InChI=1S/C24H33N3O3/c1-6-10-21-15-20(16-22(29-4)23(21)30-5)17-25-24(28)27(14-13-26(2)3)18-19-11-8-7-9-12-19/h6-9,11-12,15-16H,1,10,13-14,17-18H2,2-5H3,(H,25,28). The Balaban J connectivity index is 2.13. The zero-order valence-electron chi connectivity index (χ0n) is 18.5. The molecule has 6 nitrogen and oxygen atoms in total. The number of carbonyl (C=O) groups excluding carboxylic acids is 1. The number of methoxy groups -OCH3 is 2. The summed E-state index contributed by atoms with van der Waals surface area (Å²) in [6.45, 7) is 6.21. The van der Waals surface area contributed by atoms with Crippen molar-refractivity contribution >= 4 is 6.03 Å². The van der Waals surface area contributed by atoms with Crippen LogP contribution in [0.2, 0.25) is 0 Å². The number of ether oxygens (including phenoxy) is 2. The first-order valence-electron chi connectivity index (χ1n) is 10.0. The highest BCUT2D eigenvalue weighted by Gasteiger charge is 2.16. The minimum Gasteiger partial charge on any atom is -0.493 e. The van der Waals surface area contributed by atoms with Gasteiger partial charge in [0.1, 0.15) is 0 Å². The SMILES string of the molecule is C=CCc1cc(CNC(=O)N(CCN(C)C)Cc2ccccc2)cc(OC)c1OC. The number of likely N-dealkylation sites (N-methyl/N-ethyl adjacent to an activating group) is 1. The lowest BCUT2D eigenvalue weighted by atomic mass is 10.1. The molecule has 2 aromatic carbocycles. The molecule has 0 aliphatic rings. The van der Waals surface area contributed by atoms with E-state index in [0.29, 0.717) is 37.6 Å². The normalized spacial score (nSPS) is 10.6. The van der Waals surface area contributed by atoms with Crippen molar-refractivity contribution in [2.75, 3.05) is 41.4 Å². The third-order valence-electron chi connectivity index (χ3n) is 4.74. The molecular weight excluding hydrogens is 378 g/mol. The van der Waals surface area contributed by atoms with Gasteiger partial charge in [-0.1, -0.05) is 36.4 Å². The molecule has 2 aromatic rings. The molecule has 0 fully saturated rings. The van der Waals surface area contributed by atoms with Crippen LogP contribution in [-0.2, 0) is 19.5 Å². The third-order valence-corrected chi connectivity index (χ3v) is 4.74. The van der Waals surface area contributed by atoms with Crippen LogP contribution in [0.3, 0.4) is 0 Å². The summed E-state index contributed by atoms with van der Waals surface area (Å²) >= 11 is 0. The Morgan fingerprint density at radius 1 is 1.07 bits per heavy atom. The Bertz CT molecular complexity index is 822. The fraction of sp³-hybridized carbons (Fsp3) is 0.375.